The number of ether oxygens (including phenoxy) is 1. The molecule has 0 aliphatic rings. The first-order valence-electron chi connectivity index (χ1n) is 9.52. The molecule has 2 N–H and O–H groups in total. The summed E-state index contributed by atoms with van der Waals surface area (Å²) in [7, 11) is 1.55. The highest BCUT2D eigenvalue weighted by molar-refractivity contribution is 6.05. The minimum atomic E-state index is -0.334. The van der Waals surface area contributed by atoms with Crippen LogP contribution in [0.3, 0.4) is 0 Å². The molecule has 154 valence electrons. The van der Waals surface area contributed by atoms with E-state index in [0.29, 0.717) is 39.8 Å². The van der Waals surface area contributed by atoms with Crippen LogP contribution in [0, 0.1) is 5.82 Å². The zero-order valence-electron chi connectivity index (χ0n) is 16.7. The van der Waals surface area contributed by atoms with Crippen molar-refractivity contribution in [1.29, 1.82) is 0 Å². The normalized spacial score (nSPS) is 10.4. The number of methoxy groups -OCH3 is 1. The van der Waals surface area contributed by atoms with Gasteiger partial charge in [0.1, 0.15) is 23.7 Å². The molecular weight excluding hydrogens is 395 g/mol. The van der Waals surface area contributed by atoms with Crippen LogP contribution in [0.5, 0.6) is 5.75 Å². The Balaban J connectivity index is 1.53. The van der Waals surface area contributed by atoms with Crippen LogP contribution >= 0.6 is 0 Å². The lowest BCUT2D eigenvalue weighted by molar-refractivity contribution is 0.102. The van der Waals surface area contributed by atoms with Crippen molar-refractivity contribution in [3.8, 4) is 17.0 Å². The average Bonchev–Trinajstić information content (AvgIpc) is 2.80. The number of aromatic nitrogens is 2. The Morgan fingerprint density at radius 3 is 2.61 bits per heavy atom. The maximum atomic E-state index is 13.5. The fourth-order valence-corrected chi connectivity index (χ4v) is 3.06. The summed E-state index contributed by atoms with van der Waals surface area (Å²) in [5.74, 6) is 0.503. The van der Waals surface area contributed by atoms with Crippen molar-refractivity contribution in [2.45, 2.75) is 0 Å². The minimum absolute atomic E-state index is 0.267. The number of nitrogens with zero attached hydrogens (tertiary/aromatic N) is 2. The van der Waals surface area contributed by atoms with Crippen molar-refractivity contribution in [1.82, 2.24) is 9.97 Å². The van der Waals surface area contributed by atoms with E-state index in [0.717, 1.165) is 0 Å². The number of carbonyl (C=O) groups excluding carboxylic acids is 1. The highest BCUT2D eigenvalue weighted by Gasteiger charge is 2.10. The molecule has 0 saturated carbocycles. The van der Waals surface area contributed by atoms with E-state index in [1.165, 1.54) is 18.5 Å². The van der Waals surface area contributed by atoms with E-state index < -0.39 is 0 Å². The molecule has 0 aliphatic heterocycles. The van der Waals surface area contributed by atoms with Gasteiger partial charge in [0.15, 0.2) is 0 Å². The quantitative estimate of drug-likeness (QED) is 0.449. The van der Waals surface area contributed by atoms with Crippen LogP contribution in [0.4, 0.5) is 21.6 Å². The van der Waals surface area contributed by atoms with Gasteiger partial charge in [0, 0.05) is 22.9 Å². The summed E-state index contributed by atoms with van der Waals surface area (Å²) in [4.78, 5) is 21.1. The number of nitrogens with one attached hydrogen (secondary N) is 2. The summed E-state index contributed by atoms with van der Waals surface area (Å²) in [6.45, 7) is 0. The molecule has 0 radical (unpaired) electrons. The van der Waals surface area contributed by atoms with Crippen LogP contribution in [0.25, 0.3) is 11.3 Å². The van der Waals surface area contributed by atoms with Gasteiger partial charge in [0.2, 0.25) is 0 Å². The van der Waals surface area contributed by atoms with E-state index in [2.05, 4.69) is 20.6 Å². The van der Waals surface area contributed by atoms with Crippen LogP contribution in [0.2, 0.25) is 0 Å². The Hall–Kier alpha value is -4.26. The molecule has 31 heavy (non-hydrogen) atoms. The minimum Gasteiger partial charge on any atom is -0.495 e. The molecule has 1 aromatic heterocycles. The van der Waals surface area contributed by atoms with Crippen molar-refractivity contribution < 1.29 is 13.9 Å². The molecule has 0 unspecified atom stereocenters. The van der Waals surface area contributed by atoms with Crippen molar-refractivity contribution in [2.75, 3.05) is 17.7 Å². The molecule has 1 heterocycles. The summed E-state index contributed by atoms with van der Waals surface area (Å²) in [6, 6.07) is 22.1. The number of rotatable bonds is 6. The molecule has 4 aromatic rings. The lowest BCUT2D eigenvalue weighted by Gasteiger charge is -2.11. The van der Waals surface area contributed by atoms with E-state index in [1.54, 1.807) is 55.6 Å². The van der Waals surface area contributed by atoms with E-state index in [-0.39, 0.29) is 11.7 Å². The fraction of sp³-hybridized carbons (Fsp3) is 0.0417. The van der Waals surface area contributed by atoms with Gasteiger partial charge in [-0.2, -0.15) is 0 Å². The number of para-hydroxylation sites is 2. The second-order valence-electron chi connectivity index (χ2n) is 6.66. The van der Waals surface area contributed by atoms with Crippen molar-refractivity contribution in [2.24, 2.45) is 0 Å². The Morgan fingerprint density at radius 1 is 0.935 bits per heavy atom. The first-order chi connectivity index (χ1) is 15.1. The maximum Gasteiger partial charge on any atom is 0.255 e. The molecule has 1 amide bonds. The Labute approximate surface area is 178 Å². The van der Waals surface area contributed by atoms with Crippen LogP contribution < -0.4 is 15.4 Å². The average molecular weight is 414 g/mol. The lowest BCUT2D eigenvalue weighted by atomic mass is 10.1. The molecule has 3 aromatic carbocycles. The van der Waals surface area contributed by atoms with E-state index in [1.807, 2.05) is 18.2 Å². The predicted octanol–water partition coefficient (Wildman–Crippen LogP) is 5.29. The monoisotopic (exact) mass is 414 g/mol. The molecule has 7 heteroatoms. The van der Waals surface area contributed by atoms with Crippen LogP contribution in [-0.4, -0.2) is 23.0 Å². The molecule has 0 bridgehead atoms. The first-order valence-corrected chi connectivity index (χ1v) is 9.52. The van der Waals surface area contributed by atoms with Crippen LogP contribution in [0.15, 0.2) is 85.2 Å². The molecule has 0 fully saturated rings. The molecule has 0 aliphatic carbocycles. The number of benzene rings is 3. The number of amides is 1. The van der Waals surface area contributed by atoms with Gasteiger partial charge < -0.3 is 15.4 Å². The van der Waals surface area contributed by atoms with Crippen molar-refractivity contribution in [3.63, 3.8) is 0 Å². The smallest absolute Gasteiger partial charge is 0.255 e. The number of carbonyl (C=O) groups is 1. The lowest BCUT2D eigenvalue weighted by Crippen LogP contribution is -2.12. The van der Waals surface area contributed by atoms with Crippen molar-refractivity contribution >= 4 is 23.1 Å². The maximum absolute atomic E-state index is 13.5. The van der Waals surface area contributed by atoms with Crippen LogP contribution in [-0.2, 0) is 0 Å². The Morgan fingerprint density at radius 2 is 1.77 bits per heavy atom. The predicted molar refractivity (Wildman–Crippen MR) is 118 cm³/mol. The zero-order chi connectivity index (χ0) is 21.6. The molecule has 0 saturated heterocycles. The van der Waals surface area contributed by atoms with Gasteiger partial charge in [0.25, 0.3) is 5.91 Å². The molecule has 0 atom stereocenters. The zero-order valence-corrected chi connectivity index (χ0v) is 16.7. The summed E-state index contributed by atoms with van der Waals surface area (Å²) in [6.07, 6.45) is 1.40. The second-order valence-corrected chi connectivity index (χ2v) is 6.66. The van der Waals surface area contributed by atoms with E-state index in [9.17, 15) is 9.18 Å². The molecule has 0 spiro atoms. The number of halogens is 1. The number of hydrogen-bond donors (Lipinski definition) is 2. The highest BCUT2D eigenvalue weighted by atomic mass is 19.1. The van der Waals surface area contributed by atoms with E-state index in [4.69, 9.17) is 4.74 Å². The first kappa shape index (κ1) is 20.0. The highest BCUT2D eigenvalue weighted by Crippen LogP contribution is 2.25. The standard InChI is InChI=1S/C24H19FN4O2/c1-31-22-11-3-2-10-20(22)29-24(30)17-7-5-9-19(13-17)28-23-14-21(26-15-27-23)16-6-4-8-18(25)12-16/h2-15H,1H3,(H,29,30)(H,26,27,28). The SMILES string of the molecule is COc1ccccc1NC(=O)c1cccc(Nc2cc(-c3cccc(F)c3)ncn2)c1. The number of hydrogen-bond acceptors (Lipinski definition) is 5. The van der Waals surface area contributed by atoms with Crippen molar-refractivity contribution in [3.05, 3.63) is 96.6 Å². The molecular formula is C24H19FN4O2. The summed E-state index contributed by atoms with van der Waals surface area (Å²) in [5, 5.41) is 6.01. The Kier molecular flexibility index (Phi) is 5.84. The van der Waals surface area contributed by atoms with Gasteiger partial charge in [-0.25, -0.2) is 14.4 Å². The van der Waals surface area contributed by atoms with Gasteiger partial charge in [-0.15, -0.1) is 0 Å². The summed E-state index contributed by atoms with van der Waals surface area (Å²) in [5.41, 5.74) is 2.97. The topological polar surface area (TPSA) is 76.1 Å². The van der Waals surface area contributed by atoms with Gasteiger partial charge in [-0.05, 0) is 42.5 Å². The van der Waals surface area contributed by atoms with Crippen LogP contribution in [0.1, 0.15) is 10.4 Å². The Bertz CT molecular complexity index is 1230. The number of anilines is 3. The molecule has 6 nitrogen and oxygen atoms in total. The van der Waals surface area contributed by atoms with Gasteiger partial charge >= 0.3 is 0 Å². The van der Waals surface area contributed by atoms with Gasteiger partial charge in [0.05, 0.1) is 18.5 Å². The third kappa shape index (κ3) is 4.84. The summed E-state index contributed by atoms with van der Waals surface area (Å²) >= 11 is 0. The van der Waals surface area contributed by atoms with E-state index >= 15 is 0 Å². The second kappa shape index (κ2) is 9.04. The third-order valence-electron chi connectivity index (χ3n) is 4.54. The van der Waals surface area contributed by atoms with Gasteiger partial charge in [-0.3, -0.25) is 4.79 Å². The molecule has 4 rings (SSSR count). The fourth-order valence-electron chi connectivity index (χ4n) is 3.06. The van der Waals surface area contributed by atoms with Gasteiger partial charge in [-0.1, -0.05) is 30.3 Å². The largest absolute Gasteiger partial charge is 0.495 e. The summed E-state index contributed by atoms with van der Waals surface area (Å²) < 4.78 is 18.8. The third-order valence-corrected chi connectivity index (χ3v) is 4.54.